The third kappa shape index (κ3) is 42.3. The average Bonchev–Trinajstić information content (AvgIpc) is 0.802. The van der Waals surface area contributed by atoms with Crippen LogP contribution in [0.25, 0.3) is 20.9 Å². The molecule has 4 aliphatic heterocycles. The van der Waals surface area contributed by atoms with Gasteiger partial charge in [0, 0.05) is 174 Å². The van der Waals surface area contributed by atoms with Gasteiger partial charge in [-0.05, 0) is 169 Å². The number of nitrogens with zero attached hydrogens (tertiary/aromatic N) is 12. The minimum absolute atomic E-state index is 0.0194. The van der Waals surface area contributed by atoms with Gasteiger partial charge in [-0.15, -0.1) is 0 Å². The lowest BCUT2D eigenvalue weighted by Crippen LogP contribution is -2.53. The van der Waals surface area contributed by atoms with Crippen molar-refractivity contribution in [3.8, 4) is 0 Å². The molecule has 0 bridgehead atoms. The number of aliphatic carboxylic acids is 12. The Morgan fingerprint density at radius 3 is 0.859 bits per heavy atom. The van der Waals surface area contributed by atoms with Crippen LogP contribution in [0, 0.1) is 11.8 Å². The smallest absolute Gasteiger partial charge is 0.326 e. The molecule has 0 saturated carbocycles. The Kier molecular flexibility index (Phi) is 48.9. The first-order chi connectivity index (χ1) is 67.2. The first-order valence-electron chi connectivity index (χ1n) is 45.1. The van der Waals surface area contributed by atoms with Crippen molar-refractivity contribution < 1.29 is 172 Å². The number of carboxylic acids is 12. The SMILES string of the molecule is [N-]=[N+]=Nc1cc(C(=O)N2CCC(C[C@H](NC(=O)NC(CCC(=O)O)C(=O)O)C(=O)O)CC2)cc(C(=O)N2CCC(C[C@@H](NC(=O)NC(CCC(=O)O)C(=O)O)C(=O)O)CC2)c1.[N-]=[N+]=Nc1ccc(C(=O)NC(CCC(=O)N2CCN(C(=O)NCCCC[C@H](NC(=O)N[C@@H](CCC(=O)O)C(=O)O)C(=O)O)CC2)CCC(=O)N2CCN(C(=O)NCCCC[C@@H](NC(=O)N[C@H](CCC(=O)O)C(=O)O)C(=O)O)CC2)cc1. The van der Waals surface area contributed by atoms with E-state index in [-0.39, 0.29) is 208 Å². The van der Waals surface area contributed by atoms with Crippen LogP contribution < -0.4 is 58.5 Å². The van der Waals surface area contributed by atoms with E-state index in [1.807, 2.05) is 0 Å². The zero-order valence-corrected chi connectivity index (χ0v) is 76.9. The second-order valence-corrected chi connectivity index (χ2v) is 33.4. The average molecular weight is 2010 g/mol. The summed E-state index contributed by atoms with van der Waals surface area (Å²) in [6.07, 6.45) is -1.52. The lowest BCUT2D eigenvalue weighted by molar-refractivity contribution is -0.142. The number of hydrogen-bond donors (Lipinski definition) is 23. The van der Waals surface area contributed by atoms with E-state index in [1.165, 1.54) is 62.1 Å². The predicted octanol–water partition coefficient (Wildman–Crippen LogP) is 1.73. The number of carboxylic acid groups (broad SMARTS) is 12. The largest absolute Gasteiger partial charge is 0.481 e. The number of carbonyl (C=O) groups excluding carboxylic acids is 11. The van der Waals surface area contributed by atoms with Gasteiger partial charge >= 0.3 is 108 Å². The van der Waals surface area contributed by atoms with Crippen molar-refractivity contribution in [1.82, 2.24) is 87.9 Å². The molecular weight excluding hydrogens is 1890 g/mol. The Morgan fingerprint density at radius 1 is 0.303 bits per heavy atom. The monoisotopic (exact) mass is 2010 g/mol. The van der Waals surface area contributed by atoms with E-state index in [4.69, 9.17) is 31.5 Å². The summed E-state index contributed by atoms with van der Waals surface area (Å²) in [5, 5.41) is 143. The van der Waals surface area contributed by atoms with Crippen molar-refractivity contribution in [2.75, 3.05) is 91.6 Å². The van der Waals surface area contributed by atoms with Crippen LogP contribution in [-0.2, 0) is 67.1 Å². The number of hydrogen-bond acceptors (Lipinski definition) is 25. The summed E-state index contributed by atoms with van der Waals surface area (Å²) in [5.41, 5.74) is 18.4. The summed E-state index contributed by atoms with van der Waals surface area (Å²) in [6, 6.07) is -8.07. The van der Waals surface area contributed by atoms with Crippen molar-refractivity contribution in [3.63, 3.8) is 0 Å². The van der Waals surface area contributed by atoms with Crippen molar-refractivity contribution in [3.05, 3.63) is 80.0 Å². The van der Waals surface area contributed by atoms with Crippen molar-refractivity contribution in [2.24, 2.45) is 22.1 Å². The number of piperidine rings is 2. The van der Waals surface area contributed by atoms with Gasteiger partial charge in [0.05, 0.1) is 0 Å². The van der Waals surface area contributed by atoms with Gasteiger partial charge < -0.3 is 149 Å². The molecule has 2 aromatic carbocycles. The van der Waals surface area contributed by atoms with Crippen molar-refractivity contribution >= 4 is 149 Å². The van der Waals surface area contributed by atoms with Crippen LogP contribution in [0.15, 0.2) is 52.7 Å². The van der Waals surface area contributed by atoms with Gasteiger partial charge in [0.2, 0.25) is 11.8 Å². The number of azide groups is 2. The number of rotatable bonds is 54. The number of benzene rings is 2. The van der Waals surface area contributed by atoms with Crippen LogP contribution in [0.2, 0.25) is 0 Å². The van der Waals surface area contributed by atoms with Crippen LogP contribution in [0.1, 0.15) is 185 Å². The zero-order chi connectivity index (χ0) is 105. The maximum atomic E-state index is 13.7. The molecule has 0 aliphatic carbocycles. The molecule has 58 heteroatoms. The maximum Gasteiger partial charge on any atom is 0.326 e. The highest BCUT2D eigenvalue weighted by atomic mass is 16.4. The highest BCUT2D eigenvalue weighted by Gasteiger charge is 2.37. The van der Waals surface area contributed by atoms with Gasteiger partial charge in [-0.25, -0.2) is 67.1 Å². The molecule has 2 aromatic rings. The van der Waals surface area contributed by atoms with Gasteiger partial charge in [-0.1, -0.05) is 22.4 Å². The first-order valence-corrected chi connectivity index (χ1v) is 45.1. The van der Waals surface area contributed by atoms with E-state index in [2.05, 4.69) is 78.5 Å². The molecule has 9 atom stereocenters. The molecule has 4 saturated heterocycles. The number of amides is 17. The number of nitrogens with one attached hydrogen (secondary N) is 11. The van der Waals surface area contributed by atoms with E-state index in [0.717, 1.165) is 0 Å². The fourth-order valence-electron chi connectivity index (χ4n) is 15.3. The molecule has 4 heterocycles. The normalized spacial score (nSPS) is 15.5. The van der Waals surface area contributed by atoms with E-state index in [1.54, 1.807) is 9.80 Å². The predicted molar refractivity (Wildman–Crippen MR) is 483 cm³/mol. The lowest BCUT2D eigenvalue weighted by atomic mass is 9.89. The Labute approximate surface area is 807 Å². The number of piperazine rings is 2. The molecule has 3 unspecified atom stereocenters. The molecule has 778 valence electrons. The molecule has 4 aliphatic rings. The highest BCUT2D eigenvalue weighted by Crippen LogP contribution is 2.30. The number of carbonyl (C=O) groups is 23. The summed E-state index contributed by atoms with van der Waals surface area (Å²) in [5.74, 6) is -19.3. The minimum Gasteiger partial charge on any atom is -0.481 e. The zero-order valence-electron chi connectivity index (χ0n) is 76.9. The molecule has 0 spiro atoms. The van der Waals surface area contributed by atoms with E-state index >= 15 is 0 Å². The molecule has 6 rings (SSSR count). The van der Waals surface area contributed by atoms with Crippen molar-refractivity contribution in [1.29, 1.82) is 0 Å². The van der Waals surface area contributed by atoms with E-state index < -0.39 is 231 Å². The lowest BCUT2D eigenvalue weighted by Gasteiger charge is -2.35. The highest BCUT2D eigenvalue weighted by molar-refractivity contribution is 6.01. The van der Waals surface area contributed by atoms with Crippen LogP contribution >= 0.6 is 0 Å². The van der Waals surface area contributed by atoms with Gasteiger partial charge in [-0.3, -0.25) is 43.2 Å². The maximum absolute atomic E-state index is 13.7. The number of likely N-dealkylation sites (tertiary alicyclic amines) is 2. The van der Waals surface area contributed by atoms with Gasteiger partial charge in [0.1, 0.15) is 48.3 Å². The third-order valence-corrected chi connectivity index (χ3v) is 23.2. The molecule has 142 heavy (non-hydrogen) atoms. The Morgan fingerprint density at radius 2 is 0.577 bits per heavy atom. The molecule has 0 aromatic heterocycles. The third-order valence-electron chi connectivity index (χ3n) is 23.2. The quantitative estimate of drug-likeness (QED) is 0.0194. The second kappa shape index (κ2) is 59.7. The Balaban J connectivity index is 0.000000520. The standard InChI is InChI=1S/C48H70N14O19.C36H47N9O16/c49-58-57-31-9-7-29(8-10-31)40(69)52-30(11-15-36(63)59-21-25-61(26-22-59)47(80)50-19-3-1-5-32(41(70)71)53-45(78)55-34(43(74)75)13-17-38(65)66)12-16-37(64)60-23-27-62(28-24-60)48(81)51-20-4-2-6-33(42(72)73)54-46(79)56-35(44(76)77)14-18-39(67)68;37-43-42-22-16-20(29(50)44-9-5-18(6-10-44)13-25(33(56)57)40-35(60)38-23(31(52)53)1-3-27(46)47)15-21(17-22)30(51)45-11-7-19(8-12-45)14-26(34(58)59)41-36(61)39-24(32(54)55)2-4-28(48)49/h7-10,30,32-35H,1-6,11-28H2,(H,50,80)(H,51,81)(H,52,69)(H,65,66)(H,67,68)(H,70,71)(H,72,73)(H,74,75)(H,76,77)(H2,53,55,78)(H2,54,56,79);15-19,23-26H,1-14H2,(H,46,47)(H,48,49)(H,52,53)(H,54,55)(H,56,57)(H,58,59)(H2,38,40,60)(H2,39,41,61)/t30?,32-,33+,34-,35+;23?,24?,25-,26+. The topological polar surface area (TPSA) is 885 Å². The van der Waals surface area contributed by atoms with Gasteiger partial charge in [0.25, 0.3) is 17.7 Å². The molecule has 58 nitrogen and oxygen atoms in total. The fourth-order valence-corrected chi connectivity index (χ4v) is 15.3. The van der Waals surface area contributed by atoms with Crippen LogP contribution in [0.4, 0.5) is 40.1 Å². The van der Waals surface area contributed by atoms with Crippen LogP contribution in [0.3, 0.4) is 0 Å². The summed E-state index contributed by atoms with van der Waals surface area (Å²) in [6.45, 7) is 2.44. The summed E-state index contributed by atoms with van der Waals surface area (Å²) in [7, 11) is 0. The van der Waals surface area contributed by atoms with E-state index in [0.29, 0.717) is 38.5 Å². The van der Waals surface area contributed by atoms with Gasteiger partial charge in [0.15, 0.2) is 0 Å². The molecule has 0 radical (unpaired) electrons. The number of urea groups is 6. The van der Waals surface area contributed by atoms with Crippen LogP contribution in [0.5, 0.6) is 0 Å². The van der Waals surface area contributed by atoms with Crippen molar-refractivity contribution in [2.45, 2.75) is 208 Å². The minimum atomic E-state index is -1.57. The van der Waals surface area contributed by atoms with Crippen LogP contribution in [-0.4, -0.2) is 374 Å². The first kappa shape index (κ1) is 116. The second-order valence-electron chi connectivity index (χ2n) is 33.4. The summed E-state index contributed by atoms with van der Waals surface area (Å²) < 4.78 is 0. The summed E-state index contributed by atoms with van der Waals surface area (Å²) in [4.78, 5) is 294. The Hall–Kier alpha value is -16.3. The summed E-state index contributed by atoms with van der Waals surface area (Å²) >= 11 is 0. The molecule has 17 amide bonds. The molecule has 4 fully saturated rings. The van der Waals surface area contributed by atoms with E-state index in [9.17, 15) is 151 Å². The molecule has 23 N–H and O–H groups in total. The fraction of sp³-hybridized carbons (Fsp3) is 0.583. The molecular formula is C84H117N23O35. The number of unbranched alkanes of at least 4 members (excludes halogenated alkanes) is 2. The van der Waals surface area contributed by atoms with Gasteiger partial charge in [-0.2, -0.15) is 0 Å². The Bertz CT molecular complexity index is 4700.